The van der Waals surface area contributed by atoms with Crippen molar-refractivity contribution in [2.75, 3.05) is 19.6 Å². The van der Waals surface area contributed by atoms with E-state index in [9.17, 15) is 9.50 Å². The second kappa shape index (κ2) is 8.76. The highest BCUT2D eigenvalue weighted by Crippen LogP contribution is 2.35. The van der Waals surface area contributed by atoms with Crippen molar-refractivity contribution in [1.29, 1.82) is 0 Å². The van der Waals surface area contributed by atoms with Gasteiger partial charge in [-0.1, -0.05) is 13.8 Å². The number of hydrogen-bond acceptors (Lipinski definition) is 4. The molecule has 1 fully saturated rings. The second-order valence-electron chi connectivity index (χ2n) is 7.01. The fourth-order valence-corrected chi connectivity index (χ4v) is 4.51. The molecule has 6 heteroatoms. The monoisotopic (exact) mass is 386 g/mol. The Kier molecular flexibility index (Phi) is 7.20. The van der Waals surface area contributed by atoms with Crippen LogP contribution in [0.3, 0.4) is 0 Å². The summed E-state index contributed by atoms with van der Waals surface area (Å²) in [6, 6.07) is 4.99. The van der Waals surface area contributed by atoms with Gasteiger partial charge in [0.25, 0.3) is 0 Å². The first-order valence-corrected chi connectivity index (χ1v) is 9.81. The van der Waals surface area contributed by atoms with E-state index >= 15 is 0 Å². The molecule has 0 atom stereocenters. The van der Waals surface area contributed by atoms with Crippen LogP contribution in [0, 0.1) is 5.82 Å². The van der Waals surface area contributed by atoms with Crippen molar-refractivity contribution in [1.82, 2.24) is 9.27 Å². The van der Waals surface area contributed by atoms with Gasteiger partial charge in [-0.3, -0.25) is 0 Å². The molecule has 1 aromatic carbocycles. The zero-order chi connectivity index (χ0) is 17.2. The van der Waals surface area contributed by atoms with Crippen LogP contribution in [-0.4, -0.2) is 39.6 Å². The maximum absolute atomic E-state index is 13.3. The Bertz CT molecular complexity index is 681. The van der Waals surface area contributed by atoms with Crippen molar-refractivity contribution in [2.45, 2.75) is 57.5 Å². The molecular weight excluding hydrogens is 359 g/mol. The summed E-state index contributed by atoms with van der Waals surface area (Å²) in [7, 11) is 0. The molecule has 25 heavy (non-hydrogen) atoms. The van der Waals surface area contributed by atoms with Crippen LogP contribution in [0.15, 0.2) is 18.2 Å². The van der Waals surface area contributed by atoms with Crippen LogP contribution in [0.4, 0.5) is 4.39 Å². The lowest BCUT2D eigenvalue weighted by molar-refractivity contribution is 0.0118. The molecule has 0 unspecified atom stereocenters. The Hall–Kier alpha value is -0.750. The minimum Gasteiger partial charge on any atom is -0.390 e. The number of rotatable bonds is 6. The predicted molar refractivity (Wildman–Crippen MR) is 105 cm³/mol. The molecule has 0 aliphatic carbocycles. The van der Waals surface area contributed by atoms with Crippen molar-refractivity contribution < 1.29 is 9.50 Å². The van der Waals surface area contributed by atoms with Gasteiger partial charge < -0.3 is 10.0 Å². The first-order valence-electron chi connectivity index (χ1n) is 9.04. The zero-order valence-corrected chi connectivity index (χ0v) is 16.6. The summed E-state index contributed by atoms with van der Waals surface area (Å²) < 4.78 is 18.9. The molecule has 3 rings (SSSR count). The molecule has 2 aromatic rings. The number of aromatic nitrogens is 1. The molecule has 1 N–H and O–H groups in total. The average molecular weight is 387 g/mol. The van der Waals surface area contributed by atoms with Gasteiger partial charge in [-0.05, 0) is 74.9 Å². The number of piperidine rings is 1. The quantitative estimate of drug-likeness (QED) is 0.760. The molecule has 2 heterocycles. The maximum Gasteiger partial charge on any atom is 0.124 e. The molecule has 0 saturated carbocycles. The van der Waals surface area contributed by atoms with E-state index in [2.05, 4.69) is 23.1 Å². The Morgan fingerprint density at radius 2 is 1.96 bits per heavy atom. The maximum atomic E-state index is 13.3. The lowest BCUT2D eigenvalue weighted by Gasteiger charge is -2.34. The van der Waals surface area contributed by atoms with Crippen LogP contribution >= 0.6 is 23.9 Å². The fraction of sp³-hybridized carbons (Fsp3) is 0.632. The third kappa shape index (κ3) is 4.70. The van der Waals surface area contributed by atoms with E-state index in [-0.39, 0.29) is 18.2 Å². The van der Waals surface area contributed by atoms with Gasteiger partial charge in [0.15, 0.2) is 0 Å². The third-order valence-electron chi connectivity index (χ3n) is 5.65. The summed E-state index contributed by atoms with van der Waals surface area (Å²) in [5, 5.41) is 11.6. The topological polar surface area (TPSA) is 36.4 Å². The Labute approximate surface area is 159 Å². The van der Waals surface area contributed by atoms with Crippen molar-refractivity contribution in [3.05, 3.63) is 29.7 Å². The summed E-state index contributed by atoms with van der Waals surface area (Å²) in [5.74, 6) is 0.281. The second-order valence-corrected chi connectivity index (χ2v) is 7.81. The summed E-state index contributed by atoms with van der Waals surface area (Å²) in [6.07, 6.45) is 4.67. The van der Waals surface area contributed by atoms with Crippen LogP contribution in [0.5, 0.6) is 0 Å². The molecule has 0 radical (unpaired) electrons. The van der Waals surface area contributed by atoms with Crippen molar-refractivity contribution in [2.24, 2.45) is 0 Å². The van der Waals surface area contributed by atoms with Crippen LogP contribution in [0.25, 0.3) is 10.1 Å². The number of hydrogen-bond donors (Lipinski definition) is 1. The van der Waals surface area contributed by atoms with Gasteiger partial charge in [0.05, 0.1) is 16.0 Å². The van der Waals surface area contributed by atoms with Gasteiger partial charge in [-0.2, -0.15) is 4.37 Å². The van der Waals surface area contributed by atoms with E-state index in [0.29, 0.717) is 5.92 Å². The zero-order valence-electron chi connectivity index (χ0n) is 15.0. The largest absolute Gasteiger partial charge is 0.390 e. The Morgan fingerprint density at radius 3 is 2.60 bits per heavy atom. The molecule has 0 spiro atoms. The first kappa shape index (κ1) is 20.6. The Balaban J connectivity index is 0.00000225. The molecule has 0 bridgehead atoms. The Morgan fingerprint density at radius 1 is 1.28 bits per heavy atom. The lowest BCUT2D eigenvalue weighted by Crippen LogP contribution is -2.38. The van der Waals surface area contributed by atoms with Gasteiger partial charge >= 0.3 is 0 Å². The van der Waals surface area contributed by atoms with E-state index in [0.717, 1.165) is 67.5 Å². The van der Waals surface area contributed by atoms with Crippen molar-refractivity contribution in [3.63, 3.8) is 0 Å². The smallest absolute Gasteiger partial charge is 0.124 e. The van der Waals surface area contributed by atoms with Crippen molar-refractivity contribution >= 4 is 34.0 Å². The summed E-state index contributed by atoms with van der Waals surface area (Å²) >= 11 is 1.41. The van der Waals surface area contributed by atoms with Crippen LogP contribution in [-0.2, 0) is 0 Å². The van der Waals surface area contributed by atoms with Gasteiger partial charge in [0, 0.05) is 17.8 Å². The average Bonchev–Trinajstić information content (AvgIpc) is 3.03. The van der Waals surface area contributed by atoms with E-state index in [1.165, 1.54) is 17.6 Å². The van der Waals surface area contributed by atoms with Gasteiger partial charge in [-0.15, -0.1) is 12.4 Å². The van der Waals surface area contributed by atoms with E-state index in [1.807, 2.05) is 6.07 Å². The molecule has 1 aromatic heterocycles. The van der Waals surface area contributed by atoms with E-state index < -0.39 is 5.60 Å². The number of halogens is 2. The molecule has 3 nitrogen and oxygen atoms in total. The van der Waals surface area contributed by atoms with E-state index in [1.54, 1.807) is 6.07 Å². The molecule has 1 aliphatic rings. The van der Waals surface area contributed by atoms with Crippen molar-refractivity contribution in [3.8, 4) is 0 Å². The van der Waals surface area contributed by atoms with E-state index in [4.69, 9.17) is 0 Å². The molecule has 1 saturated heterocycles. The normalized spacial score (nSPS) is 17.0. The van der Waals surface area contributed by atoms with Crippen LogP contribution in [0.2, 0.25) is 0 Å². The van der Waals surface area contributed by atoms with Crippen LogP contribution in [0.1, 0.15) is 57.6 Å². The van der Waals surface area contributed by atoms with Crippen LogP contribution < -0.4 is 0 Å². The highest BCUT2D eigenvalue weighted by Gasteiger charge is 2.27. The van der Waals surface area contributed by atoms with Gasteiger partial charge in [0.1, 0.15) is 5.82 Å². The van der Waals surface area contributed by atoms with Gasteiger partial charge in [0.2, 0.25) is 0 Å². The standard InChI is InChI=1S/C19H27FN2OS.ClH/c1-3-19(23,4-2)9-12-22-10-7-14(8-11-22)18-16-6-5-15(20)13-17(16)24-21-18;/h5-6,13-14,23H,3-4,7-12H2,1-2H3;1H. The number of nitrogens with zero attached hydrogens (tertiary/aromatic N) is 2. The summed E-state index contributed by atoms with van der Waals surface area (Å²) in [6.45, 7) is 7.19. The number of benzene rings is 1. The number of likely N-dealkylation sites (tertiary alicyclic amines) is 1. The first-order chi connectivity index (χ1) is 11.5. The molecule has 140 valence electrons. The third-order valence-corrected chi connectivity index (χ3v) is 6.47. The number of aliphatic hydroxyl groups is 1. The molecule has 1 aliphatic heterocycles. The summed E-state index contributed by atoms with van der Waals surface area (Å²) in [5.41, 5.74) is 0.639. The number of fused-ring (bicyclic) bond motifs is 1. The molecule has 0 amide bonds. The predicted octanol–water partition coefficient (Wildman–Crippen LogP) is 4.98. The van der Waals surface area contributed by atoms with Gasteiger partial charge in [-0.25, -0.2) is 4.39 Å². The molecular formula is C19H28ClFN2OS. The minimum absolute atomic E-state index is 0. The highest BCUT2D eigenvalue weighted by atomic mass is 35.5. The minimum atomic E-state index is -0.508. The highest BCUT2D eigenvalue weighted by molar-refractivity contribution is 7.13. The SMILES string of the molecule is CCC(O)(CC)CCN1CCC(c2nsc3cc(F)ccc23)CC1.Cl. The summed E-state index contributed by atoms with van der Waals surface area (Å²) in [4.78, 5) is 2.46. The lowest BCUT2D eigenvalue weighted by atomic mass is 9.90. The fourth-order valence-electron chi connectivity index (χ4n) is 3.63.